The Labute approximate surface area is 108 Å². The molecule has 0 amide bonds. The molecule has 0 saturated heterocycles. The molecule has 94 valence electrons. The molecule has 0 radical (unpaired) electrons. The molecule has 0 fully saturated rings. The van der Waals surface area contributed by atoms with Crippen molar-refractivity contribution >= 4 is 17.6 Å². The molecule has 0 aliphatic rings. The number of rotatable bonds is 5. The molecule has 0 saturated carbocycles. The Kier molecular flexibility index (Phi) is 5.01. The molecule has 0 aliphatic carbocycles. The van der Waals surface area contributed by atoms with Gasteiger partial charge in [-0.05, 0) is 50.3 Å². The molecule has 1 aromatic carbocycles. The van der Waals surface area contributed by atoms with Crippen molar-refractivity contribution in [2.45, 2.75) is 45.4 Å². The first-order chi connectivity index (χ1) is 7.91. The van der Waals surface area contributed by atoms with E-state index in [9.17, 15) is 4.79 Å². The zero-order valence-electron chi connectivity index (χ0n) is 10.6. The summed E-state index contributed by atoms with van der Waals surface area (Å²) in [7, 11) is 0. The van der Waals surface area contributed by atoms with Crippen molar-refractivity contribution < 1.29 is 9.90 Å². The number of aliphatic carboxylic acids is 1. The zero-order valence-corrected chi connectivity index (χ0v) is 11.3. The average molecular weight is 255 g/mol. The van der Waals surface area contributed by atoms with Gasteiger partial charge < -0.3 is 5.11 Å². The minimum absolute atomic E-state index is 0.0880. The highest BCUT2D eigenvalue weighted by atomic mass is 35.5. The molecule has 1 N–H and O–H groups in total. The summed E-state index contributed by atoms with van der Waals surface area (Å²) in [6.07, 6.45) is 1.52. The SMILES string of the molecule is Cc1cc(C)c(C(Cl)CCCC(=O)O)c(C)c1. The third-order valence-electron chi connectivity index (χ3n) is 2.90. The van der Waals surface area contributed by atoms with E-state index in [-0.39, 0.29) is 11.8 Å². The van der Waals surface area contributed by atoms with Gasteiger partial charge in [0, 0.05) is 6.42 Å². The van der Waals surface area contributed by atoms with Crippen LogP contribution in [-0.2, 0) is 4.79 Å². The van der Waals surface area contributed by atoms with E-state index in [2.05, 4.69) is 32.9 Å². The average Bonchev–Trinajstić information content (AvgIpc) is 2.14. The van der Waals surface area contributed by atoms with E-state index in [4.69, 9.17) is 16.7 Å². The van der Waals surface area contributed by atoms with E-state index in [0.29, 0.717) is 12.8 Å². The van der Waals surface area contributed by atoms with Crippen LogP contribution in [0.3, 0.4) is 0 Å². The normalized spacial score (nSPS) is 12.5. The van der Waals surface area contributed by atoms with E-state index in [1.54, 1.807) is 0 Å². The van der Waals surface area contributed by atoms with E-state index >= 15 is 0 Å². The van der Waals surface area contributed by atoms with Crippen LogP contribution in [0.5, 0.6) is 0 Å². The third kappa shape index (κ3) is 4.04. The van der Waals surface area contributed by atoms with Gasteiger partial charge in [0.2, 0.25) is 0 Å². The zero-order chi connectivity index (χ0) is 13.0. The molecule has 3 heteroatoms. The lowest BCUT2D eigenvalue weighted by Gasteiger charge is -2.16. The lowest BCUT2D eigenvalue weighted by Crippen LogP contribution is -2.01. The quantitative estimate of drug-likeness (QED) is 0.802. The number of carboxylic acid groups (broad SMARTS) is 1. The van der Waals surface area contributed by atoms with Gasteiger partial charge in [-0.25, -0.2) is 0 Å². The summed E-state index contributed by atoms with van der Waals surface area (Å²) in [6, 6.07) is 4.24. The summed E-state index contributed by atoms with van der Waals surface area (Å²) in [4.78, 5) is 10.5. The van der Waals surface area contributed by atoms with Gasteiger partial charge in [0.15, 0.2) is 0 Å². The summed E-state index contributed by atoms with van der Waals surface area (Å²) in [5.74, 6) is -0.758. The molecule has 1 unspecified atom stereocenters. The predicted octanol–water partition coefficient (Wildman–Crippen LogP) is 4.15. The number of alkyl halides is 1. The number of hydrogen-bond acceptors (Lipinski definition) is 1. The topological polar surface area (TPSA) is 37.3 Å². The van der Waals surface area contributed by atoms with Crippen LogP contribution in [0.25, 0.3) is 0 Å². The minimum atomic E-state index is -0.758. The summed E-state index contributed by atoms with van der Waals surface area (Å²) >= 11 is 6.36. The van der Waals surface area contributed by atoms with Gasteiger partial charge in [0.05, 0.1) is 5.38 Å². The minimum Gasteiger partial charge on any atom is -0.481 e. The predicted molar refractivity (Wildman–Crippen MR) is 70.7 cm³/mol. The van der Waals surface area contributed by atoms with Crippen LogP contribution >= 0.6 is 11.6 Å². The molecule has 0 spiro atoms. The molecule has 1 rings (SSSR count). The van der Waals surface area contributed by atoms with Crippen molar-refractivity contribution in [1.29, 1.82) is 0 Å². The number of aryl methyl sites for hydroxylation is 3. The van der Waals surface area contributed by atoms with Crippen LogP contribution in [0.4, 0.5) is 0 Å². The standard InChI is InChI=1S/C14H19ClO2/c1-9-7-10(2)14(11(3)8-9)12(15)5-4-6-13(16)17/h7-8,12H,4-6H2,1-3H3,(H,16,17). The number of hydrogen-bond donors (Lipinski definition) is 1. The maximum absolute atomic E-state index is 10.5. The Morgan fingerprint density at radius 1 is 1.29 bits per heavy atom. The maximum atomic E-state index is 10.5. The number of carboxylic acids is 1. The molecular formula is C14H19ClO2. The van der Waals surface area contributed by atoms with Crippen LogP contribution < -0.4 is 0 Å². The first-order valence-corrected chi connectivity index (χ1v) is 6.29. The van der Waals surface area contributed by atoms with Crippen LogP contribution in [0.15, 0.2) is 12.1 Å². The van der Waals surface area contributed by atoms with Gasteiger partial charge in [-0.15, -0.1) is 11.6 Å². The molecule has 1 aromatic rings. The van der Waals surface area contributed by atoms with E-state index < -0.39 is 5.97 Å². The van der Waals surface area contributed by atoms with Gasteiger partial charge in [-0.3, -0.25) is 4.79 Å². The van der Waals surface area contributed by atoms with Gasteiger partial charge in [0.25, 0.3) is 0 Å². The molecule has 0 heterocycles. The number of benzene rings is 1. The van der Waals surface area contributed by atoms with E-state index in [0.717, 1.165) is 5.56 Å². The Hall–Kier alpha value is -1.02. The first-order valence-electron chi connectivity index (χ1n) is 5.85. The molecule has 0 bridgehead atoms. The Morgan fingerprint density at radius 3 is 2.29 bits per heavy atom. The van der Waals surface area contributed by atoms with Crippen molar-refractivity contribution in [3.05, 3.63) is 34.4 Å². The summed E-state index contributed by atoms with van der Waals surface area (Å²) < 4.78 is 0. The van der Waals surface area contributed by atoms with E-state index in [1.165, 1.54) is 16.7 Å². The largest absolute Gasteiger partial charge is 0.481 e. The maximum Gasteiger partial charge on any atom is 0.303 e. The second kappa shape index (κ2) is 6.06. The number of halogens is 1. The molecule has 17 heavy (non-hydrogen) atoms. The van der Waals surface area contributed by atoms with Crippen LogP contribution in [0, 0.1) is 20.8 Å². The van der Waals surface area contributed by atoms with Crippen molar-refractivity contribution in [3.8, 4) is 0 Å². The molecular weight excluding hydrogens is 236 g/mol. The van der Waals surface area contributed by atoms with Crippen LogP contribution in [0.1, 0.15) is 46.9 Å². The first kappa shape index (κ1) is 14.0. The fourth-order valence-corrected chi connectivity index (χ4v) is 2.76. The summed E-state index contributed by atoms with van der Waals surface area (Å²) in [5.41, 5.74) is 4.77. The molecule has 0 aliphatic heterocycles. The van der Waals surface area contributed by atoms with Crippen LogP contribution in [-0.4, -0.2) is 11.1 Å². The Balaban J connectivity index is 2.75. The summed E-state index contributed by atoms with van der Waals surface area (Å²) in [5, 5.41) is 8.51. The van der Waals surface area contributed by atoms with Crippen molar-refractivity contribution in [1.82, 2.24) is 0 Å². The van der Waals surface area contributed by atoms with Crippen LogP contribution in [0.2, 0.25) is 0 Å². The van der Waals surface area contributed by atoms with Gasteiger partial charge in [0.1, 0.15) is 0 Å². The lowest BCUT2D eigenvalue weighted by molar-refractivity contribution is -0.137. The smallest absolute Gasteiger partial charge is 0.303 e. The summed E-state index contributed by atoms with van der Waals surface area (Å²) in [6.45, 7) is 6.18. The highest BCUT2D eigenvalue weighted by molar-refractivity contribution is 6.21. The van der Waals surface area contributed by atoms with E-state index in [1.807, 2.05) is 0 Å². The van der Waals surface area contributed by atoms with Gasteiger partial charge >= 0.3 is 5.97 Å². The third-order valence-corrected chi connectivity index (χ3v) is 3.34. The number of carbonyl (C=O) groups is 1. The molecule has 0 aromatic heterocycles. The second-order valence-electron chi connectivity index (χ2n) is 4.57. The van der Waals surface area contributed by atoms with Crippen molar-refractivity contribution in [2.75, 3.05) is 0 Å². The lowest BCUT2D eigenvalue weighted by atomic mass is 9.95. The monoisotopic (exact) mass is 254 g/mol. The highest BCUT2D eigenvalue weighted by Gasteiger charge is 2.14. The molecule has 2 nitrogen and oxygen atoms in total. The Morgan fingerprint density at radius 2 is 1.82 bits per heavy atom. The molecule has 1 atom stereocenters. The van der Waals surface area contributed by atoms with Crippen molar-refractivity contribution in [3.63, 3.8) is 0 Å². The second-order valence-corrected chi connectivity index (χ2v) is 5.09. The fourth-order valence-electron chi connectivity index (χ4n) is 2.26. The highest BCUT2D eigenvalue weighted by Crippen LogP contribution is 2.32. The van der Waals surface area contributed by atoms with Gasteiger partial charge in [-0.1, -0.05) is 17.7 Å². The Bertz CT molecular complexity index is 390. The van der Waals surface area contributed by atoms with Crippen molar-refractivity contribution in [2.24, 2.45) is 0 Å². The van der Waals surface area contributed by atoms with Gasteiger partial charge in [-0.2, -0.15) is 0 Å². The fraction of sp³-hybridized carbons (Fsp3) is 0.500.